The Labute approximate surface area is 137 Å². The van der Waals surface area contributed by atoms with Crippen molar-refractivity contribution in [1.29, 1.82) is 0 Å². The van der Waals surface area contributed by atoms with Gasteiger partial charge in [-0.2, -0.15) is 0 Å². The second-order valence-corrected chi connectivity index (χ2v) is 6.23. The predicted octanol–water partition coefficient (Wildman–Crippen LogP) is 1.35. The van der Waals surface area contributed by atoms with Crippen LogP contribution < -0.4 is 5.32 Å². The van der Waals surface area contributed by atoms with E-state index in [9.17, 15) is 9.59 Å². The van der Waals surface area contributed by atoms with E-state index in [4.69, 9.17) is 5.11 Å². The van der Waals surface area contributed by atoms with Crippen molar-refractivity contribution >= 4 is 11.8 Å². The van der Waals surface area contributed by atoms with Gasteiger partial charge in [-0.1, -0.05) is 30.3 Å². The number of likely N-dealkylation sites (tertiary alicyclic amines) is 1. The fourth-order valence-electron chi connectivity index (χ4n) is 2.85. The first-order valence-corrected chi connectivity index (χ1v) is 8.33. The third-order valence-corrected chi connectivity index (χ3v) is 4.35. The lowest BCUT2D eigenvalue weighted by atomic mass is 9.95. The van der Waals surface area contributed by atoms with Gasteiger partial charge in [-0.3, -0.25) is 9.59 Å². The SMILES string of the molecule is CC(CO)NC(=O)C1CCN(C(=O)CCc2ccccc2)CC1. The predicted molar refractivity (Wildman–Crippen MR) is 88.8 cm³/mol. The zero-order valence-corrected chi connectivity index (χ0v) is 13.7. The molecule has 0 aromatic heterocycles. The topological polar surface area (TPSA) is 69.6 Å². The number of aryl methyl sites for hydroxylation is 1. The third kappa shape index (κ3) is 5.36. The first kappa shape index (κ1) is 17.5. The monoisotopic (exact) mass is 318 g/mol. The van der Waals surface area contributed by atoms with Gasteiger partial charge in [-0.15, -0.1) is 0 Å². The molecule has 2 amide bonds. The molecule has 0 radical (unpaired) electrons. The average Bonchev–Trinajstić information content (AvgIpc) is 2.60. The number of amides is 2. The van der Waals surface area contributed by atoms with Gasteiger partial charge in [0, 0.05) is 31.5 Å². The molecular weight excluding hydrogens is 292 g/mol. The van der Waals surface area contributed by atoms with Crippen LogP contribution in [-0.4, -0.2) is 47.6 Å². The van der Waals surface area contributed by atoms with E-state index in [0.717, 1.165) is 6.42 Å². The van der Waals surface area contributed by atoms with Crippen LogP contribution >= 0.6 is 0 Å². The van der Waals surface area contributed by atoms with E-state index in [1.54, 1.807) is 6.92 Å². The number of nitrogens with one attached hydrogen (secondary N) is 1. The number of hydrogen-bond acceptors (Lipinski definition) is 3. The van der Waals surface area contributed by atoms with Gasteiger partial charge < -0.3 is 15.3 Å². The third-order valence-electron chi connectivity index (χ3n) is 4.35. The van der Waals surface area contributed by atoms with E-state index >= 15 is 0 Å². The van der Waals surface area contributed by atoms with Crippen molar-refractivity contribution in [2.24, 2.45) is 5.92 Å². The van der Waals surface area contributed by atoms with Crippen LogP contribution in [0.4, 0.5) is 0 Å². The van der Waals surface area contributed by atoms with Gasteiger partial charge in [0.05, 0.1) is 6.61 Å². The van der Waals surface area contributed by atoms with Crippen molar-refractivity contribution in [2.75, 3.05) is 19.7 Å². The zero-order valence-electron chi connectivity index (χ0n) is 13.7. The fraction of sp³-hybridized carbons (Fsp3) is 0.556. The molecule has 5 nitrogen and oxygen atoms in total. The highest BCUT2D eigenvalue weighted by Crippen LogP contribution is 2.18. The molecule has 1 atom stereocenters. The molecule has 1 aliphatic rings. The molecule has 5 heteroatoms. The summed E-state index contributed by atoms with van der Waals surface area (Å²) in [6.45, 7) is 3.00. The molecular formula is C18H26N2O3. The summed E-state index contributed by atoms with van der Waals surface area (Å²) in [5.74, 6) is 0.0987. The Morgan fingerprint density at radius 3 is 2.52 bits per heavy atom. The number of aliphatic hydroxyl groups is 1. The second-order valence-electron chi connectivity index (χ2n) is 6.23. The largest absolute Gasteiger partial charge is 0.394 e. The van der Waals surface area contributed by atoms with Gasteiger partial charge in [0.25, 0.3) is 0 Å². The second kappa shape index (κ2) is 8.67. The average molecular weight is 318 g/mol. The minimum absolute atomic E-state index is 0.0112. The number of piperidine rings is 1. The van der Waals surface area contributed by atoms with Gasteiger partial charge in [0.1, 0.15) is 0 Å². The molecule has 0 aliphatic carbocycles. The normalized spacial score (nSPS) is 16.9. The highest BCUT2D eigenvalue weighted by Gasteiger charge is 2.27. The van der Waals surface area contributed by atoms with Gasteiger partial charge in [-0.25, -0.2) is 0 Å². The number of hydrogen-bond donors (Lipinski definition) is 2. The Bertz CT molecular complexity index is 510. The molecule has 0 bridgehead atoms. The highest BCUT2D eigenvalue weighted by atomic mass is 16.3. The van der Waals surface area contributed by atoms with Crippen molar-refractivity contribution in [1.82, 2.24) is 10.2 Å². The Morgan fingerprint density at radius 2 is 1.91 bits per heavy atom. The molecule has 1 unspecified atom stereocenters. The van der Waals surface area contributed by atoms with Gasteiger partial charge in [-0.05, 0) is 31.7 Å². The molecule has 2 N–H and O–H groups in total. The molecule has 126 valence electrons. The Hall–Kier alpha value is -1.88. The molecule has 2 rings (SSSR count). The van der Waals surface area contributed by atoms with Crippen molar-refractivity contribution in [3.05, 3.63) is 35.9 Å². The maximum Gasteiger partial charge on any atom is 0.223 e. The molecule has 1 aliphatic heterocycles. The van der Waals surface area contributed by atoms with E-state index < -0.39 is 0 Å². The number of aliphatic hydroxyl groups excluding tert-OH is 1. The summed E-state index contributed by atoms with van der Waals surface area (Å²) in [6, 6.07) is 9.79. The van der Waals surface area contributed by atoms with Crippen LogP contribution in [0.5, 0.6) is 0 Å². The molecule has 1 heterocycles. The Balaban J connectivity index is 1.73. The van der Waals surface area contributed by atoms with Crippen LogP contribution in [0.2, 0.25) is 0 Å². The first-order valence-electron chi connectivity index (χ1n) is 8.33. The molecule has 23 heavy (non-hydrogen) atoms. The molecule has 1 aromatic rings. The summed E-state index contributed by atoms with van der Waals surface area (Å²) in [7, 11) is 0. The summed E-state index contributed by atoms with van der Waals surface area (Å²) in [5, 5.41) is 11.8. The fourth-order valence-corrected chi connectivity index (χ4v) is 2.85. The van der Waals surface area contributed by atoms with Gasteiger partial charge in [0.15, 0.2) is 0 Å². The maximum absolute atomic E-state index is 12.3. The van der Waals surface area contributed by atoms with Crippen LogP contribution in [0, 0.1) is 5.92 Å². The number of carbonyl (C=O) groups excluding carboxylic acids is 2. The van der Waals surface area contributed by atoms with Gasteiger partial charge in [0.2, 0.25) is 11.8 Å². The molecule has 0 spiro atoms. The lowest BCUT2D eigenvalue weighted by molar-refractivity contribution is -0.135. The van der Waals surface area contributed by atoms with Crippen molar-refractivity contribution in [2.45, 2.75) is 38.6 Å². The summed E-state index contributed by atoms with van der Waals surface area (Å²) >= 11 is 0. The van der Waals surface area contributed by atoms with E-state index in [-0.39, 0.29) is 30.4 Å². The smallest absolute Gasteiger partial charge is 0.223 e. The quantitative estimate of drug-likeness (QED) is 0.832. The van der Waals surface area contributed by atoms with Crippen LogP contribution in [0.15, 0.2) is 30.3 Å². The van der Waals surface area contributed by atoms with Crippen LogP contribution in [0.1, 0.15) is 31.7 Å². The summed E-state index contributed by atoms with van der Waals surface area (Å²) in [6.07, 6.45) is 2.67. The maximum atomic E-state index is 12.3. The van der Waals surface area contributed by atoms with E-state index in [0.29, 0.717) is 32.4 Å². The van der Waals surface area contributed by atoms with Crippen LogP contribution in [0.25, 0.3) is 0 Å². The first-order chi connectivity index (χ1) is 11.1. The van der Waals surface area contributed by atoms with Crippen molar-refractivity contribution < 1.29 is 14.7 Å². The molecule has 1 fully saturated rings. The van der Waals surface area contributed by atoms with E-state index in [2.05, 4.69) is 5.32 Å². The summed E-state index contributed by atoms with van der Waals surface area (Å²) in [4.78, 5) is 26.2. The van der Waals surface area contributed by atoms with Crippen molar-refractivity contribution in [3.63, 3.8) is 0 Å². The number of rotatable bonds is 6. The minimum Gasteiger partial charge on any atom is -0.394 e. The lowest BCUT2D eigenvalue weighted by Crippen LogP contribution is -2.45. The summed E-state index contributed by atoms with van der Waals surface area (Å²) < 4.78 is 0. The van der Waals surface area contributed by atoms with Crippen LogP contribution in [0.3, 0.4) is 0 Å². The zero-order chi connectivity index (χ0) is 16.7. The molecule has 1 saturated heterocycles. The Kier molecular flexibility index (Phi) is 6.59. The standard InChI is InChI=1S/C18H26N2O3/c1-14(13-21)19-18(23)16-9-11-20(12-10-16)17(22)8-7-15-5-3-2-4-6-15/h2-6,14,16,21H,7-13H2,1H3,(H,19,23). The Morgan fingerprint density at radius 1 is 1.26 bits per heavy atom. The lowest BCUT2D eigenvalue weighted by Gasteiger charge is -2.32. The summed E-state index contributed by atoms with van der Waals surface area (Å²) in [5.41, 5.74) is 1.17. The van der Waals surface area contributed by atoms with Gasteiger partial charge >= 0.3 is 0 Å². The molecule has 0 saturated carbocycles. The highest BCUT2D eigenvalue weighted by molar-refractivity contribution is 5.80. The number of benzene rings is 1. The van der Waals surface area contributed by atoms with E-state index in [1.165, 1.54) is 5.56 Å². The number of carbonyl (C=O) groups is 2. The van der Waals surface area contributed by atoms with E-state index in [1.807, 2.05) is 35.2 Å². The van der Waals surface area contributed by atoms with Crippen LogP contribution in [-0.2, 0) is 16.0 Å². The number of nitrogens with zero attached hydrogens (tertiary/aromatic N) is 1. The molecule has 1 aromatic carbocycles. The van der Waals surface area contributed by atoms with Crippen molar-refractivity contribution in [3.8, 4) is 0 Å². The minimum atomic E-state index is -0.215.